The number of urea groups is 1. The number of carbonyl (C=O) groups excluding carboxylic acids is 2. The third-order valence-corrected chi connectivity index (χ3v) is 1.81. The maximum atomic E-state index is 11.4. The molecule has 4 N–H and O–H groups in total. The molecule has 0 atom stereocenters. The normalized spacial score (nSPS) is 10.8. The number of amides is 3. The SMILES string of the molecule is CC(CC(N)=O)=NNC(=O)Nc1ccccc1. The molecule has 17 heavy (non-hydrogen) atoms. The predicted octanol–water partition coefficient (Wildman–Crippen LogP) is 1.06. The molecule has 0 aliphatic rings. The van der Waals surface area contributed by atoms with E-state index < -0.39 is 11.9 Å². The number of nitrogens with two attached hydrogens (primary N) is 1. The van der Waals surface area contributed by atoms with E-state index in [1.165, 1.54) is 0 Å². The number of para-hydroxylation sites is 1. The number of nitrogens with zero attached hydrogens (tertiary/aromatic N) is 1. The van der Waals surface area contributed by atoms with Crippen molar-refractivity contribution < 1.29 is 9.59 Å². The minimum atomic E-state index is -0.489. The lowest BCUT2D eigenvalue weighted by Gasteiger charge is -2.04. The molecular weight excluding hydrogens is 220 g/mol. The minimum absolute atomic E-state index is 0.0195. The van der Waals surface area contributed by atoms with Gasteiger partial charge in [0.25, 0.3) is 0 Å². The quantitative estimate of drug-likeness (QED) is 0.536. The molecule has 0 radical (unpaired) electrons. The molecule has 0 saturated carbocycles. The molecule has 0 fully saturated rings. The van der Waals surface area contributed by atoms with E-state index in [0.717, 1.165) is 0 Å². The number of hydrogen-bond donors (Lipinski definition) is 3. The Hall–Kier alpha value is -2.37. The lowest BCUT2D eigenvalue weighted by atomic mass is 10.3. The minimum Gasteiger partial charge on any atom is -0.369 e. The van der Waals surface area contributed by atoms with Gasteiger partial charge in [0.05, 0.1) is 6.42 Å². The van der Waals surface area contributed by atoms with E-state index in [4.69, 9.17) is 5.73 Å². The van der Waals surface area contributed by atoms with Gasteiger partial charge in [0.1, 0.15) is 0 Å². The highest BCUT2D eigenvalue weighted by Crippen LogP contribution is 2.03. The maximum absolute atomic E-state index is 11.4. The van der Waals surface area contributed by atoms with E-state index in [1.807, 2.05) is 6.07 Å². The van der Waals surface area contributed by atoms with Gasteiger partial charge in [-0.2, -0.15) is 5.10 Å². The fourth-order valence-corrected chi connectivity index (χ4v) is 1.12. The number of primary amides is 1. The summed E-state index contributed by atoms with van der Waals surface area (Å²) in [7, 11) is 0. The summed E-state index contributed by atoms with van der Waals surface area (Å²) in [5.41, 5.74) is 8.35. The second-order valence-corrected chi connectivity index (χ2v) is 3.42. The summed E-state index contributed by atoms with van der Waals surface area (Å²) in [6.45, 7) is 1.60. The van der Waals surface area contributed by atoms with Crippen molar-refractivity contribution in [2.45, 2.75) is 13.3 Å². The Morgan fingerprint density at radius 2 is 1.94 bits per heavy atom. The fourth-order valence-electron chi connectivity index (χ4n) is 1.12. The van der Waals surface area contributed by atoms with E-state index in [9.17, 15) is 9.59 Å². The lowest BCUT2D eigenvalue weighted by molar-refractivity contribution is -0.116. The van der Waals surface area contributed by atoms with Crippen molar-refractivity contribution in [3.63, 3.8) is 0 Å². The smallest absolute Gasteiger partial charge is 0.339 e. The van der Waals surface area contributed by atoms with Crippen molar-refractivity contribution in [2.75, 3.05) is 5.32 Å². The van der Waals surface area contributed by atoms with Crippen molar-refractivity contribution in [1.29, 1.82) is 0 Å². The van der Waals surface area contributed by atoms with Crippen molar-refractivity contribution in [2.24, 2.45) is 10.8 Å². The molecule has 6 nitrogen and oxygen atoms in total. The van der Waals surface area contributed by atoms with Crippen molar-refractivity contribution in [3.8, 4) is 0 Å². The number of benzene rings is 1. The largest absolute Gasteiger partial charge is 0.369 e. The third-order valence-electron chi connectivity index (χ3n) is 1.81. The predicted molar refractivity (Wildman–Crippen MR) is 65.5 cm³/mol. The van der Waals surface area contributed by atoms with Crippen LogP contribution in [0.15, 0.2) is 35.4 Å². The topological polar surface area (TPSA) is 96.6 Å². The van der Waals surface area contributed by atoms with Crippen molar-refractivity contribution in [3.05, 3.63) is 30.3 Å². The first-order valence-electron chi connectivity index (χ1n) is 5.01. The Morgan fingerprint density at radius 3 is 2.53 bits per heavy atom. The van der Waals surface area contributed by atoms with Crippen LogP contribution in [0.4, 0.5) is 10.5 Å². The summed E-state index contributed by atoms with van der Waals surface area (Å²) >= 11 is 0. The number of rotatable bonds is 4. The Morgan fingerprint density at radius 1 is 1.29 bits per heavy atom. The maximum Gasteiger partial charge on any atom is 0.339 e. The molecule has 6 heteroatoms. The number of hydrazone groups is 1. The van der Waals surface area contributed by atoms with Crippen LogP contribution in [0.25, 0.3) is 0 Å². The molecule has 0 saturated heterocycles. The van der Waals surface area contributed by atoms with Crippen LogP contribution in [0, 0.1) is 0 Å². The molecule has 0 aliphatic carbocycles. The zero-order valence-electron chi connectivity index (χ0n) is 9.43. The van der Waals surface area contributed by atoms with Gasteiger partial charge in [0, 0.05) is 11.4 Å². The van der Waals surface area contributed by atoms with Gasteiger partial charge in [-0.1, -0.05) is 18.2 Å². The number of nitrogens with one attached hydrogen (secondary N) is 2. The van der Waals surface area contributed by atoms with Gasteiger partial charge in [0.15, 0.2) is 0 Å². The Balaban J connectivity index is 2.43. The summed E-state index contributed by atoms with van der Waals surface area (Å²) in [5, 5.41) is 6.29. The van der Waals surface area contributed by atoms with Crippen LogP contribution in [-0.4, -0.2) is 17.6 Å². The highest BCUT2D eigenvalue weighted by molar-refractivity contribution is 5.99. The van der Waals surface area contributed by atoms with Crippen molar-refractivity contribution >= 4 is 23.3 Å². The van der Waals surface area contributed by atoms with Crippen LogP contribution in [-0.2, 0) is 4.79 Å². The van der Waals surface area contributed by atoms with Crippen LogP contribution in [0.5, 0.6) is 0 Å². The highest BCUT2D eigenvalue weighted by atomic mass is 16.2. The van der Waals surface area contributed by atoms with Crippen LogP contribution in [0.3, 0.4) is 0 Å². The van der Waals surface area contributed by atoms with Gasteiger partial charge >= 0.3 is 6.03 Å². The monoisotopic (exact) mass is 234 g/mol. The zero-order valence-corrected chi connectivity index (χ0v) is 9.43. The van der Waals surface area contributed by atoms with E-state index in [1.54, 1.807) is 31.2 Å². The second kappa shape index (κ2) is 6.26. The van der Waals surface area contributed by atoms with E-state index in [-0.39, 0.29) is 6.42 Å². The first-order chi connectivity index (χ1) is 8.08. The number of anilines is 1. The molecule has 1 aromatic rings. The van der Waals surface area contributed by atoms with Crippen molar-refractivity contribution in [1.82, 2.24) is 5.43 Å². The Kier molecular flexibility index (Phi) is 4.68. The molecule has 90 valence electrons. The zero-order chi connectivity index (χ0) is 12.7. The molecule has 1 aromatic carbocycles. The molecule has 0 aromatic heterocycles. The number of carbonyl (C=O) groups is 2. The van der Waals surface area contributed by atoms with E-state index >= 15 is 0 Å². The summed E-state index contributed by atoms with van der Waals surface area (Å²) in [6, 6.07) is 8.48. The van der Waals surface area contributed by atoms with Gasteiger partial charge in [-0.15, -0.1) is 0 Å². The van der Waals surface area contributed by atoms with Crippen LogP contribution in [0.1, 0.15) is 13.3 Å². The van der Waals surface area contributed by atoms with Gasteiger partial charge in [-0.25, -0.2) is 10.2 Å². The standard InChI is InChI=1S/C11H14N4O2/c1-8(7-10(12)16)14-15-11(17)13-9-5-3-2-4-6-9/h2-6H,7H2,1H3,(H2,12,16)(H2,13,15,17). The number of hydrogen-bond acceptors (Lipinski definition) is 3. The van der Waals surface area contributed by atoms with E-state index in [0.29, 0.717) is 11.4 Å². The van der Waals surface area contributed by atoms with Gasteiger partial charge in [-0.05, 0) is 19.1 Å². The summed E-state index contributed by atoms with van der Waals surface area (Å²) in [6.07, 6.45) is 0.0195. The Bertz CT molecular complexity index is 428. The summed E-state index contributed by atoms with van der Waals surface area (Å²) in [5.74, 6) is -0.489. The van der Waals surface area contributed by atoms with E-state index in [2.05, 4.69) is 15.8 Å². The van der Waals surface area contributed by atoms with Gasteiger partial charge in [-0.3, -0.25) is 4.79 Å². The average molecular weight is 234 g/mol. The first kappa shape index (κ1) is 12.7. The molecule has 0 heterocycles. The molecule has 0 aliphatic heterocycles. The summed E-state index contributed by atoms with van der Waals surface area (Å²) in [4.78, 5) is 21.9. The van der Waals surface area contributed by atoms with Crippen LogP contribution >= 0.6 is 0 Å². The molecule has 1 rings (SSSR count). The molecule has 0 bridgehead atoms. The Labute approximate surface area is 98.9 Å². The van der Waals surface area contributed by atoms with Crippen LogP contribution in [0.2, 0.25) is 0 Å². The molecule has 0 unspecified atom stereocenters. The molecule has 0 spiro atoms. The molecule has 3 amide bonds. The van der Waals surface area contributed by atoms with Gasteiger partial charge in [0.2, 0.25) is 5.91 Å². The first-order valence-corrected chi connectivity index (χ1v) is 5.01. The summed E-state index contributed by atoms with van der Waals surface area (Å²) < 4.78 is 0. The highest BCUT2D eigenvalue weighted by Gasteiger charge is 2.01. The molecular formula is C11H14N4O2. The fraction of sp³-hybridized carbons (Fsp3) is 0.182. The third kappa shape index (κ3) is 5.31. The average Bonchev–Trinajstić information content (AvgIpc) is 2.27. The van der Waals surface area contributed by atoms with Gasteiger partial charge < -0.3 is 11.1 Å². The second-order valence-electron chi connectivity index (χ2n) is 3.42. The lowest BCUT2D eigenvalue weighted by Crippen LogP contribution is -2.26. The van der Waals surface area contributed by atoms with Crippen LogP contribution < -0.4 is 16.5 Å².